The van der Waals surface area contributed by atoms with Gasteiger partial charge >= 0.3 is 7.60 Å². The van der Waals surface area contributed by atoms with Crippen molar-refractivity contribution in [2.24, 2.45) is 0 Å². The van der Waals surface area contributed by atoms with Crippen molar-refractivity contribution in [3.05, 3.63) is 17.6 Å². The first-order valence-corrected chi connectivity index (χ1v) is 16.4. The molecule has 0 saturated heterocycles. The minimum atomic E-state index is -3.57. The molecule has 0 aliphatic carbocycles. The largest absolute Gasteiger partial charge is 0.401 e. The van der Waals surface area contributed by atoms with Gasteiger partial charge in [0.2, 0.25) is 5.69 Å². The van der Waals surface area contributed by atoms with E-state index in [0.717, 1.165) is 36.3 Å². The van der Waals surface area contributed by atoms with Crippen LogP contribution < -0.4 is 5.44 Å². The number of hydrogen-bond acceptors (Lipinski definition) is 11. The fourth-order valence-corrected chi connectivity index (χ4v) is 9.38. The molecule has 1 atom stereocenters. The first-order chi connectivity index (χ1) is 12.9. The van der Waals surface area contributed by atoms with Crippen molar-refractivity contribution in [2.45, 2.75) is 40.2 Å². The van der Waals surface area contributed by atoms with Gasteiger partial charge in [0.25, 0.3) is 0 Å². The van der Waals surface area contributed by atoms with Crippen LogP contribution in [-0.4, -0.2) is 34.8 Å². The average molecular weight is 493 g/mol. The van der Waals surface area contributed by atoms with Gasteiger partial charge in [-0.1, -0.05) is 25.2 Å². The number of rotatable bonds is 14. The first kappa shape index (κ1) is 25.9. The third-order valence-electron chi connectivity index (χ3n) is 2.87. The average Bonchev–Trinajstić information content (AvgIpc) is 2.65. The van der Waals surface area contributed by atoms with E-state index >= 15 is 0 Å². The minimum Gasteiger partial charge on any atom is -0.322 e. The standard InChI is InChI=1S/C14H26N2O5P2S4/c1-6-9-27-23(24,18-8-3)19-11-12-10-14(16-13(7-2)15-12)22(17,20-25-4)21-26-5/h10H,6-9,11H2,1-5H3/t23-/m0/s1. The maximum absolute atomic E-state index is 13.0. The molecule has 0 bridgehead atoms. The summed E-state index contributed by atoms with van der Waals surface area (Å²) in [5, 5.41) is 0. The van der Waals surface area contributed by atoms with Crippen LogP contribution in [0.2, 0.25) is 0 Å². The Hall–Kier alpha value is 0.850. The van der Waals surface area contributed by atoms with Gasteiger partial charge in [0.1, 0.15) is 5.82 Å². The van der Waals surface area contributed by atoms with E-state index in [1.165, 1.54) is 11.4 Å². The Morgan fingerprint density at radius 2 is 1.78 bits per heavy atom. The molecule has 0 amide bonds. The quantitative estimate of drug-likeness (QED) is 0.248. The van der Waals surface area contributed by atoms with Gasteiger partial charge in [-0.25, -0.2) is 17.9 Å². The van der Waals surface area contributed by atoms with Crippen molar-refractivity contribution in [3.63, 3.8) is 0 Å². The van der Waals surface area contributed by atoms with E-state index in [4.69, 9.17) is 28.8 Å². The number of hydrogen-bond donors (Lipinski definition) is 0. The van der Waals surface area contributed by atoms with Crippen molar-refractivity contribution in [1.29, 1.82) is 0 Å². The molecule has 0 unspecified atom stereocenters. The van der Waals surface area contributed by atoms with Gasteiger partial charge in [0.15, 0.2) is 5.44 Å². The Labute approximate surface area is 179 Å². The normalized spacial score (nSPS) is 14.3. The van der Waals surface area contributed by atoms with Gasteiger partial charge in [-0.2, -0.15) is 0 Å². The highest BCUT2D eigenvalue weighted by Crippen LogP contribution is 2.61. The highest BCUT2D eigenvalue weighted by Gasteiger charge is 2.32. The predicted octanol–water partition coefficient (Wildman–Crippen LogP) is 5.37. The molecule has 0 N–H and O–H groups in total. The predicted molar refractivity (Wildman–Crippen MR) is 121 cm³/mol. The smallest absolute Gasteiger partial charge is 0.322 e. The molecule has 1 rings (SSSR count). The van der Waals surface area contributed by atoms with E-state index in [-0.39, 0.29) is 12.0 Å². The molecule has 156 valence electrons. The Bertz CT molecular complexity index is 673. The van der Waals surface area contributed by atoms with Gasteiger partial charge in [-0.05, 0) is 55.3 Å². The maximum atomic E-state index is 13.0. The van der Waals surface area contributed by atoms with Crippen molar-refractivity contribution in [3.8, 4) is 0 Å². The van der Waals surface area contributed by atoms with Gasteiger partial charge in [0.05, 0.1) is 18.9 Å². The molecule has 1 heterocycles. The number of aromatic nitrogens is 2. The summed E-state index contributed by atoms with van der Waals surface area (Å²) in [6, 6.07) is 1.59. The molecule has 0 saturated carbocycles. The second-order valence-electron chi connectivity index (χ2n) is 4.94. The molecule has 0 aliphatic heterocycles. The van der Waals surface area contributed by atoms with Crippen LogP contribution in [-0.2, 0) is 46.4 Å². The molecule has 0 spiro atoms. The number of aryl methyl sites for hydroxylation is 1. The number of nitrogens with zero attached hydrogens (tertiary/aromatic N) is 2. The molecule has 0 radical (unpaired) electrons. The summed E-state index contributed by atoms with van der Waals surface area (Å²) in [4.78, 5) is 8.79. The van der Waals surface area contributed by atoms with Crippen molar-refractivity contribution < 1.29 is 21.6 Å². The molecular formula is C14H26N2O5P2S4. The fraction of sp³-hybridized carbons (Fsp3) is 0.714. The summed E-state index contributed by atoms with van der Waals surface area (Å²) < 4.78 is 35.3. The van der Waals surface area contributed by atoms with Crippen molar-refractivity contribution in [2.75, 3.05) is 24.9 Å². The zero-order valence-electron chi connectivity index (χ0n) is 16.1. The maximum Gasteiger partial charge on any atom is 0.401 e. The van der Waals surface area contributed by atoms with Crippen LogP contribution in [0.5, 0.6) is 0 Å². The molecule has 0 aliphatic rings. The monoisotopic (exact) mass is 492 g/mol. The van der Waals surface area contributed by atoms with Crippen LogP contribution in [0.3, 0.4) is 0 Å². The van der Waals surface area contributed by atoms with Crippen LogP contribution in [0.1, 0.15) is 38.7 Å². The molecule has 0 fully saturated rings. The summed E-state index contributed by atoms with van der Waals surface area (Å²) in [6.45, 7) is 6.53. The molecule has 1 aromatic rings. The lowest BCUT2D eigenvalue weighted by atomic mass is 10.4. The van der Waals surface area contributed by atoms with Gasteiger partial charge in [-0.3, -0.25) is 4.57 Å². The SMILES string of the molecule is CCCS[P@@](=S)(OCC)OCc1cc(P(=O)(OSC)OSC)nc(CC)n1. The Kier molecular flexibility index (Phi) is 12.7. The second-order valence-corrected chi connectivity index (χ2v) is 14.7. The van der Waals surface area contributed by atoms with Crippen molar-refractivity contribution in [1.82, 2.24) is 9.97 Å². The van der Waals surface area contributed by atoms with Crippen LogP contribution >= 0.6 is 48.8 Å². The van der Waals surface area contributed by atoms with E-state index < -0.39 is 13.3 Å². The fourth-order valence-electron chi connectivity index (χ4n) is 1.81. The summed E-state index contributed by atoms with van der Waals surface area (Å²) in [5.41, 5.74) is -1.68. The van der Waals surface area contributed by atoms with Crippen LogP contribution in [0, 0.1) is 0 Å². The van der Waals surface area contributed by atoms with E-state index in [2.05, 4.69) is 16.9 Å². The second kappa shape index (κ2) is 13.2. The van der Waals surface area contributed by atoms with E-state index in [9.17, 15) is 4.57 Å². The lowest BCUT2D eigenvalue weighted by Crippen LogP contribution is -2.17. The van der Waals surface area contributed by atoms with Gasteiger partial charge in [0, 0.05) is 24.7 Å². The molecule has 13 heteroatoms. The first-order valence-electron chi connectivity index (χ1n) is 8.32. The summed E-state index contributed by atoms with van der Waals surface area (Å²) in [5.74, 6) is 1.40. The highest BCUT2D eigenvalue weighted by molar-refractivity contribution is 8.67. The third kappa shape index (κ3) is 8.62. The topological polar surface area (TPSA) is 79.8 Å². The lowest BCUT2D eigenvalue weighted by Gasteiger charge is -2.21. The molecule has 27 heavy (non-hydrogen) atoms. The highest BCUT2D eigenvalue weighted by atomic mass is 32.9. The molecule has 0 aromatic carbocycles. The zero-order chi connectivity index (χ0) is 20.3. The lowest BCUT2D eigenvalue weighted by molar-refractivity contribution is 0.259. The van der Waals surface area contributed by atoms with Crippen LogP contribution in [0.4, 0.5) is 0 Å². The Balaban J connectivity index is 3.10. The zero-order valence-corrected chi connectivity index (χ0v) is 21.1. The Morgan fingerprint density at radius 3 is 2.30 bits per heavy atom. The third-order valence-corrected chi connectivity index (χ3v) is 12.1. The summed E-state index contributed by atoms with van der Waals surface area (Å²) >= 11 is 9.06. The van der Waals surface area contributed by atoms with Gasteiger partial charge in [-0.15, -0.1) is 0 Å². The van der Waals surface area contributed by atoms with E-state index in [1.807, 2.05) is 13.8 Å². The Morgan fingerprint density at radius 1 is 1.11 bits per heavy atom. The van der Waals surface area contributed by atoms with Crippen LogP contribution in [0.15, 0.2) is 6.07 Å². The molecule has 7 nitrogen and oxygen atoms in total. The van der Waals surface area contributed by atoms with Crippen LogP contribution in [0.25, 0.3) is 0 Å². The summed E-state index contributed by atoms with van der Waals surface area (Å²) in [6.07, 6.45) is 4.90. The van der Waals surface area contributed by atoms with Crippen molar-refractivity contribution >= 4 is 66.0 Å². The van der Waals surface area contributed by atoms with Gasteiger partial charge < -0.3 is 9.05 Å². The molecular weight excluding hydrogens is 466 g/mol. The summed E-state index contributed by atoms with van der Waals surface area (Å²) in [7, 11) is -3.57. The van der Waals surface area contributed by atoms with E-state index in [0.29, 0.717) is 24.5 Å². The minimum absolute atomic E-state index is 0.148. The van der Waals surface area contributed by atoms with E-state index in [1.54, 1.807) is 18.6 Å². The molecule has 1 aromatic heterocycles.